The van der Waals surface area contributed by atoms with Gasteiger partial charge >= 0.3 is 0 Å². The summed E-state index contributed by atoms with van der Waals surface area (Å²) in [5.74, 6) is -9.75. The van der Waals surface area contributed by atoms with E-state index in [0.717, 1.165) is 25.7 Å². The van der Waals surface area contributed by atoms with E-state index in [-0.39, 0.29) is 70.6 Å². The Morgan fingerprint density at radius 3 is 1.76 bits per heavy atom. The number of unbranched alkanes of at least 4 members (excludes halogenated alkanes) is 4. The quantitative estimate of drug-likeness (QED) is 0.0378. The van der Waals surface area contributed by atoms with Crippen LogP contribution in [0.1, 0.15) is 119 Å². The molecule has 428 valence electrons. The van der Waals surface area contributed by atoms with Crippen LogP contribution < -0.4 is 81.4 Å². The maximum Gasteiger partial charge on any atom is 0.245 e. The van der Waals surface area contributed by atoms with Gasteiger partial charge in [0.25, 0.3) is 0 Å². The first-order valence-corrected chi connectivity index (χ1v) is 25.9. The van der Waals surface area contributed by atoms with E-state index in [9.17, 15) is 63.0 Å². The minimum absolute atomic E-state index is 0.0118. The fourth-order valence-electron chi connectivity index (χ4n) is 7.67. The monoisotopic (exact) mass is 1070 g/mol. The number of carbonyl (C=O) groups is 11. The van der Waals surface area contributed by atoms with E-state index in [0.29, 0.717) is 6.42 Å². The normalized spacial score (nSPS) is 23.0. The summed E-state index contributed by atoms with van der Waals surface area (Å²) in [5, 5.41) is 48.4. The maximum atomic E-state index is 14.1. The van der Waals surface area contributed by atoms with E-state index >= 15 is 0 Å². The molecule has 21 N–H and O–H groups in total. The molecule has 1 heterocycles. The maximum absolute atomic E-state index is 14.1. The molecular weight excluding hydrogens is 983 g/mol. The lowest BCUT2D eigenvalue weighted by Crippen LogP contribution is -2.62. The summed E-state index contributed by atoms with van der Waals surface area (Å²) >= 11 is 0. The van der Waals surface area contributed by atoms with Crippen molar-refractivity contribution in [3.05, 3.63) is 0 Å². The van der Waals surface area contributed by atoms with Gasteiger partial charge in [-0.25, -0.2) is 0 Å². The minimum atomic E-state index is -1.69. The van der Waals surface area contributed by atoms with Crippen LogP contribution in [0.3, 0.4) is 0 Å². The van der Waals surface area contributed by atoms with Gasteiger partial charge in [-0.1, -0.05) is 53.4 Å². The lowest BCUT2D eigenvalue weighted by Gasteiger charge is -2.28. The molecule has 0 aromatic rings. The van der Waals surface area contributed by atoms with Crippen molar-refractivity contribution in [1.29, 1.82) is 0 Å². The first-order valence-electron chi connectivity index (χ1n) is 25.9. The standard InChI is InChI=1S/C47H87N15O13/c1-7-9-10-11-12-13-35(65)55-34(23-51)45(73)62-38(27(6)64)47(75)60-31(16-20-50)42(70)59-32-17-21-52-46(74)37(26(5)63)61-40(68)28(8-2)56-41(69)30(15-19-49)58-44(72)33(22-25(3)4)54-36(66)24-53-39(67)29(14-18-48)57-43(32)71/h25-34,37-38,63-64H,7-24,48-51H2,1-6H3,(H,52,74)(H,53,67)(H,54,66)(H,55,65)(H,56,69)(H,57,71)(H,58,72)(H,59,70)(H,60,75)(H,61,68)(H,62,73)/t26-,27-,28+,29+,30+,31+,32+,33+,34+,37+,38+/m1/s1. The molecule has 1 rings (SSSR count). The van der Waals surface area contributed by atoms with Gasteiger partial charge in [0.1, 0.15) is 54.4 Å². The number of rotatable bonds is 25. The molecule has 1 saturated heterocycles. The molecule has 0 spiro atoms. The molecule has 1 aliphatic heterocycles. The van der Waals surface area contributed by atoms with Gasteiger partial charge in [0, 0.05) is 19.5 Å². The summed E-state index contributed by atoms with van der Waals surface area (Å²) in [5.41, 5.74) is 23.2. The Morgan fingerprint density at radius 1 is 0.613 bits per heavy atom. The number of hydrogen-bond acceptors (Lipinski definition) is 17. The molecule has 28 nitrogen and oxygen atoms in total. The predicted octanol–water partition coefficient (Wildman–Crippen LogP) is -6.43. The van der Waals surface area contributed by atoms with Crippen molar-refractivity contribution in [2.75, 3.05) is 39.3 Å². The fraction of sp³-hybridized carbons (Fsp3) is 0.766. The van der Waals surface area contributed by atoms with Crippen molar-refractivity contribution in [3.8, 4) is 0 Å². The van der Waals surface area contributed by atoms with E-state index < -0.39 is 151 Å². The number of hydrogen-bond donors (Lipinski definition) is 17. The average molecular weight is 1070 g/mol. The SMILES string of the molecule is CCCCCCCC(=O)N[C@@H](CN)C(=O)N[C@H](C(=O)N[C@@H](CCN)C(=O)N[C@H]1CCNC(=O)[C@H]([C@@H](C)O)NC(=O)[C@H](CC)NC(=O)[C@H](CCN)NC(=O)[C@H](CC(C)C)NC(=O)CNC(=O)[C@H](CCN)NC1=O)[C@@H](C)O. The number of nitrogens with one attached hydrogen (secondary N) is 11. The second-order valence-electron chi connectivity index (χ2n) is 19.0. The lowest BCUT2D eigenvalue weighted by molar-refractivity contribution is -0.136. The number of nitrogens with two attached hydrogens (primary N) is 4. The fourth-order valence-corrected chi connectivity index (χ4v) is 7.67. The highest BCUT2D eigenvalue weighted by Crippen LogP contribution is 2.09. The number of carbonyl (C=O) groups excluding carboxylic acids is 11. The summed E-state index contributed by atoms with van der Waals surface area (Å²) in [4.78, 5) is 149. The average Bonchev–Trinajstić information content (AvgIpc) is 3.35. The molecule has 0 radical (unpaired) electrons. The zero-order valence-corrected chi connectivity index (χ0v) is 44.4. The van der Waals surface area contributed by atoms with Gasteiger partial charge in [-0.3, -0.25) is 52.7 Å². The largest absolute Gasteiger partial charge is 0.391 e. The molecule has 0 bridgehead atoms. The van der Waals surface area contributed by atoms with Crippen molar-refractivity contribution in [1.82, 2.24) is 58.5 Å². The molecule has 0 aromatic carbocycles. The second-order valence-corrected chi connectivity index (χ2v) is 19.0. The summed E-state index contributed by atoms with van der Waals surface area (Å²) < 4.78 is 0. The van der Waals surface area contributed by atoms with Crippen LogP contribution in [0.5, 0.6) is 0 Å². The van der Waals surface area contributed by atoms with E-state index in [2.05, 4.69) is 65.4 Å². The van der Waals surface area contributed by atoms with Crippen LogP contribution in [0.2, 0.25) is 0 Å². The molecular formula is C47H87N15O13. The summed E-state index contributed by atoms with van der Waals surface area (Å²) in [6.45, 7) is 7.64. The van der Waals surface area contributed by atoms with Gasteiger partial charge in [0.15, 0.2) is 0 Å². The molecule has 1 fully saturated rings. The van der Waals surface area contributed by atoms with Crippen molar-refractivity contribution < 1.29 is 63.0 Å². The summed E-state index contributed by atoms with van der Waals surface area (Å²) in [6, 6.07) is -13.0. The number of aliphatic hydroxyl groups excluding tert-OH is 2. The first kappa shape index (κ1) is 66.9. The van der Waals surface area contributed by atoms with E-state index in [1.807, 2.05) is 0 Å². The summed E-state index contributed by atoms with van der Waals surface area (Å²) in [6.07, 6.45) is 0.543. The van der Waals surface area contributed by atoms with Gasteiger partial charge in [-0.15, -0.1) is 0 Å². The number of amides is 11. The van der Waals surface area contributed by atoms with Gasteiger partial charge in [-0.2, -0.15) is 0 Å². The Hall–Kier alpha value is -6.07. The second kappa shape index (κ2) is 36.0. The molecule has 11 atom stereocenters. The molecule has 0 aromatic heterocycles. The topological polar surface area (TPSA) is 465 Å². The molecule has 0 unspecified atom stereocenters. The Balaban J connectivity index is 3.61. The highest BCUT2D eigenvalue weighted by atomic mass is 16.3. The van der Waals surface area contributed by atoms with Gasteiger partial charge in [0.2, 0.25) is 65.0 Å². The van der Waals surface area contributed by atoms with Crippen LogP contribution in [0, 0.1) is 5.92 Å². The lowest BCUT2D eigenvalue weighted by atomic mass is 10.0. The molecule has 1 aliphatic rings. The highest BCUT2D eigenvalue weighted by molar-refractivity contribution is 5.98. The molecule has 28 heteroatoms. The van der Waals surface area contributed by atoms with Crippen LogP contribution in [-0.2, 0) is 52.7 Å². The molecule has 0 saturated carbocycles. The Bertz CT molecular complexity index is 1890. The van der Waals surface area contributed by atoms with Crippen LogP contribution in [0.4, 0.5) is 0 Å². The Morgan fingerprint density at radius 2 is 1.20 bits per heavy atom. The molecule has 0 aliphatic carbocycles. The minimum Gasteiger partial charge on any atom is -0.391 e. The van der Waals surface area contributed by atoms with Gasteiger partial charge < -0.3 is 91.6 Å². The van der Waals surface area contributed by atoms with Crippen molar-refractivity contribution in [2.24, 2.45) is 28.9 Å². The van der Waals surface area contributed by atoms with E-state index in [1.165, 1.54) is 13.8 Å². The van der Waals surface area contributed by atoms with Gasteiger partial charge in [0.05, 0.1) is 18.8 Å². The third-order valence-corrected chi connectivity index (χ3v) is 12.0. The smallest absolute Gasteiger partial charge is 0.245 e. The first-order chi connectivity index (χ1) is 35.5. The Kier molecular flexibility index (Phi) is 32.1. The summed E-state index contributed by atoms with van der Waals surface area (Å²) in [7, 11) is 0. The zero-order chi connectivity index (χ0) is 56.8. The zero-order valence-electron chi connectivity index (χ0n) is 44.4. The Labute approximate surface area is 438 Å². The third-order valence-electron chi connectivity index (χ3n) is 12.0. The van der Waals surface area contributed by atoms with Crippen molar-refractivity contribution in [2.45, 2.75) is 185 Å². The van der Waals surface area contributed by atoms with Crippen LogP contribution in [0.15, 0.2) is 0 Å². The highest BCUT2D eigenvalue weighted by Gasteiger charge is 2.36. The molecule has 11 amide bonds. The van der Waals surface area contributed by atoms with E-state index in [4.69, 9.17) is 22.9 Å². The van der Waals surface area contributed by atoms with Crippen LogP contribution >= 0.6 is 0 Å². The van der Waals surface area contributed by atoms with Crippen LogP contribution in [0.25, 0.3) is 0 Å². The van der Waals surface area contributed by atoms with Crippen molar-refractivity contribution in [3.63, 3.8) is 0 Å². The van der Waals surface area contributed by atoms with Crippen molar-refractivity contribution >= 4 is 65.0 Å². The van der Waals surface area contributed by atoms with Gasteiger partial charge in [-0.05, 0) is 84.3 Å². The van der Waals surface area contributed by atoms with E-state index in [1.54, 1.807) is 20.8 Å². The van der Waals surface area contributed by atoms with Crippen LogP contribution in [-0.4, -0.2) is 181 Å². The third kappa shape index (κ3) is 24.9. The number of aliphatic hydroxyl groups is 2. The predicted molar refractivity (Wildman–Crippen MR) is 275 cm³/mol. The molecule has 75 heavy (non-hydrogen) atoms.